The molecule has 4 N–H and O–H groups in total. The van der Waals surface area contributed by atoms with Crippen molar-refractivity contribution in [2.75, 3.05) is 13.7 Å². The number of benzene rings is 1. The van der Waals surface area contributed by atoms with Gasteiger partial charge in [0.15, 0.2) is 11.5 Å². The van der Waals surface area contributed by atoms with E-state index in [9.17, 15) is 4.79 Å². The summed E-state index contributed by atoms with van der Waals surface area (Å²) >= 11 is 0. The maximum absolute atomic E-state index is 10.9. The number of hydrogen-bond donors (Lipinski definition) is 3. The summed E-state index contributed by atoms with van der Waals surface area (Å²) in [6.45, 7) is 5.52. The van der Waals surface area contributed by atoms with E-state index in [-0.39, 0.29) is 5.97 Å². The van der Waals surface area contributed by atoms with Crippen molar-refractivity contribution in [2.45, 2.75) is 13.3 Å². The van der Waals surface area contributed by atoms with E-state index >= 15 is 0 Å². The Bertz CT molecular complexity index is 460. The molecule has 0 atom stereocenters. The molecule has 0 spiro atoms. The monoisotopic (exact) mass is 265 g/mol. The quantitative estimate of drug-likeness (QED) is 0.291. The van der Waals surface area contributed by atoms with Gasteiger partial charge in [0.2, 0.25) is 0 Å². The predicted octanol–water partition coefficient (Wildman–Crippen LogP) is 0.687. The lowest BCUT2D eigenvalue weighted by Gasteiger charge is -2.11. The molecule has 1 aromatic carbocycles. The molecule has 6 nitrogen and oxygen atoms in total. The maximum atomic E-state index is 10.9. The molecule has 104 valence electrons. The molecule has 0 heterocycles. The molecule has 0 radical (unpaired) electrons. The largest absolute Gasteiger partial charge is 0.493 e. The minimum Gasteiger partial charge on any atom is -0.493 e. The normalized spacial score (nSPS) is 9.79. The third kappa shape index (κ3) is 5.31. The van der Waals surface area contributed by atoms with Crippen LogP contribution in [0.15, 0.2) is 30.6 Å². The van der Waals surface area contributed by atoms with E-state index < -0.39 is 0 Å². The zero-order valence-electron chi connectivity index (χ0n) is 11.2. The highest BCUT2D eigenvalue weighted by Gasteiger charge is 2.07. The lowest BCUT2D eigenvalue weighted by molar-refractivity contribution is -0.132. The van der Waals surface area contributed by atoms with Crippen LogP contribution in [-0.4, -0.2) is 19.6 Å². The van der Waals surface area contributed by atoms with Gasteiger partial charge in [-0.2, -0.15) is 0 Å². The van der Waals surface area contributed by atoms with Crippen LogP contribution in [-0.2, 0) is 11.2 Å². The molecule has 0 aliphatic heterocycles. The Hall–Kier alpha value is -2.21. The summed E-state index contributed by atoms with van der Waals surface area (Å²) in [7, 11) is 1.53. The summed E-state index contributed by atoms with van der Waals surface area (Å²) in [4.78, 5) is 10.9. The zero-order valence-corrected chi connectivity index (χ0v) is 11.2. The molecule has 0 saturated heterocycles. The molecule has 0 aromatic heterocycles. The molecule has 0 aliphatic carbocycles. The molecular weight excluding hydrogens is 246 g/mol. The SMILES string of the molecule is C=C(N)NNCCc1ccc(OC(C)=O)c(OC)c1. The number of esters is 1. The minimum absolute atomic E-state index is 0.364. The van der Waals surface area contributed by atoms with E-state index in [0.717, 1.165) is 12.0 Å². The minimum atomic E-state index is -0.377. The second kappa shape index (κ2) is 7.27. The molecule has 0 aliphatic rings. The van der Waals surface area contributed by atoms with E-state index in [1.807, 2.05) is 12.1 Å². The molecule has 1 rings (SSSR count). The second-order valence-corrected chi connectivity index (χ2v) is 3.91. The molecule has 0 fully saturated rings. The first-order valence-corrected chi connectivity index (χ1v) is 5.81. The lowest BCUT2D eigenvalue weighted by atomic mass is 10.1. The van der Waals surface area contributed by atoms with Crippen molar-refractivity contribution in [3.8, 4) is 11.5 Å². The van der Waals surface area contributed by atoms with Crippen molar-refractivity contribution >= 4 is 5.97 Å². The molecular formula is C13H19N3O3. The Morgan fingerprint density at radius 1 is 1.42 bits per heavy atom. The molecule has 0 amide bonds. The van der Waals surface area contributed by atoms with Gasteiger partial charge in [-0.3, -0.25) is 4.79 Å². The van der Waals surface area contributed by atoms with Gasteiger partial charge in [0, 0.05) is 13.5 Å². The molecule has 1 aromatic rings. The van der Waals surface area contributed by atoms with E-state index in [1.54, 1.807) is 6.07 Å². The summed E-state index contributed by atoms with van der Waals surface area (Å²) in [6, 6.07) is 5.42. The van der Waals surface area contributed by atoms with Crippen LogP contribution in [0.3, 0.4) is 0 Å². The Morgan fingerprint density at radius 3 is 2.74 bits per heavy atom. The third-order valence-corrected chi connectivity index (χ3v) is 2.27. The van der Waals surface area contributed by atoms with Crippen molar-refractivity contribution in [3.05, 3.63) is 36.2 Å². The highest BCUT2D eigenvalue weighted by Crippen LogP contribution is 2.28. The van der Waals surface area contributed by atoms with Gasteiger partial charge in [-0.15, -0.1) is 0 Å². The van der Waals surface area contributed by atoms with Gasteiger partial charge >= 0.3 is 5.97 Å². The number of nitrogens with two attached hydrogens (primary N) is 1. The second-order valence-electron chi connectivity index (χ2n) is 3.91. The molecule has 6 heteroatoms. The van der Waals surface area contributed by atoms with E-state index in [1.165, 1.54) is 14.0 Å². The zero-order chi connectivity index (χ0) is 14.3. The highest BCUT2D eigenvalue weighted by atomic mass is 16.6. The molecule has 0 bridgehead atoms. The van der Waals surface area contributed by atoms with Crippen LogP contribution in [0.25, 0.3) is 0 Å². The summed E-state index contributed by atoms with van der Waals surface area (Å²) in [5.74, 6) is 0.935. The fourth-order valence-corrected chi connectivity index (χ4v) is 1.49. The van der Waals surface area contributed by atoms with Crippen LogP contribution in [0.1, 0.15) is 12.5 Å². The van der Waals surface area contributed by atoms with Crippen molar-refractivity contribution in [2.24, 2.45) is 5.73 Å². The summed E-state index contributed by atoms with van der Waals surface area (Å²) in [5.41, 5.74) is 12.0. The number of hydrazine groups is 1. The predicted molar refractivity (Wildman–Crippen MR) is 72.5 cm³/mol. The van der Waals surface area contributed by atoms with Gasteiger partial charge in [-0.25, -0.2) is 5.43 Å². The van der Waals surface area contributed by atoms with Crippen LogP contribution in [0, 0.1) is 0 Å². The van der Waals surface area contributed by atoms with Gasteiger partial charge in [0.1, 0.15) is 5.82 Å². The van der Waals surface area contributed by atoms with Gasteiger partial charge in [-0.1, -0.05) is 12.6 Å². The number of methoxy groups -OCH3 is 1. The smallest absolute Gasteiger partial charge is 0.308 e. The third-order valence-electron chi connectivity index (χ3n) is 2.27. The van der Waals surface area contributed by atoms with E-state index in [2.05, 4.69) is 17.4 Å². The average molecular weight is 265 g/mol. The van der Waals surface area contributed by atoms with Gasteiger partial charge in [0.05, 0.1) is 7.11 Å². The van der Waals surface area contributed by atoms with Crippen LogP contribution < -0.4 is 26.1 Å². The first-order chi connectivity index (χ1) is 9.02. The number of rotatable bonds is 7. The number of ether oxygens (including phenoxy) is 2. The molecule has 19 heavy (non-hydrogen) atoms. The average Bonchev–Trinajstić information content (AvgIpc) is 2.35. The number of hydrogen-bond acceptors (Lipinski definition) is 6. The van der Waals surface area contributed by atoms with E-state index in [4.69, 9.17) is 15.2 Å². The van der Waals surface area contributed by atoms with Crippen molar-refractivity contribution < 1.29 is 14.3 Å². The summed E-state index contributed by atoms with van der Waals surface area (Å²) < 4.78 is 10.2. The van der Waals surface area contributed by atoms with Crippen LogP contribution in [0.5, 0.6) is 11.5 Å². The number of carbonyl (C=O) groups is 1. The summed E-state index contributed by atoms with van der Waals surface area (Å²) in [6.07, 6.45) is 0.761. The van der Waals surface area contributed by atoms with Gasteiger partial charge in [-0.05, 0) is 24.1 Å². The van der Waals surface area contributed by atoms with Crippen LogP contribution >= 0.6 is 0 Å². The highest BCUT2D eigenvalue weighted by molar-refractivity contribution is 5.70. The molecule has 0 unspecified atom stereocenters. The molecule has 0 saturated carbocycles. The Kier molecular flexibility index (Phi) is 5.69. The Morgan fingerprint density at radius 2 is 2.16 bits per heavy atom. The maximum Gasteiger partial charge on any atom is 0.308 e. The van der Waals surface area contributed by atoms with Crippen molar-refractivity contribution in [1.82, 2.24) is 10.9 Å². The van der Waals surface area contributed by atoms with Gasteiger partial charge in [0.25, 0.3) is 0 Å². The van der Waals surface area contributed by atoms with E-state index in [0.29, 0.717) is 23.9 Å². The Balaban J connectivity index is 2.61. The number of carbonyl (C=O) groups excluding carboxylic acids is 1. The lowest BCUT2D eigenvalue weighted by Crippen LogP contribution is -2.35. The fraction of sp³-hybridized carbons (Fsp3) is 0.308. The van der Waals surface area contributed by atoms with Crippen molar-refractivity contribution in [1.29, 1.82) is 0 Å². The first kappa shape index (κ1) is 14.8. The van der Waals surface area contributed by atoms with Crippen LogP contribution in [0.4, 0.5) is 0 Å². The first-order valence-electron chi connectivity index (χ1n) is 5.81. The van der Waals surface area contributed by atoms with Gasteiger partial charge < -0.3 is 20.6 Å². The summed E-state index contributed by atoms with van der Waals surface area (Å²) in [5, 5.41) is 0. The fourth-order valence-electron chi connectivity index (χ4n) is 1.49. The Labute approximate surface area is 112 Å². The number of nitrogens with one attached hydrogen (secondary N) is 2. The van der Waals surface area contributed by atoms with Crippen LogP contribution in [0.2, 0.25) is 0 Å². The standard InChI is InChI=1S/C13H19N3O3/c1-9(14)16-15-7-6-11-4-5-12(19-10(2)17)13(8-11)18-3/h4-5,8,15-16H,1,6-7,14H2,2-3H3. The van der Waals surface area contributed by atoms with Crippen molar-refractivity contribution in [3.63, 3.8) is 0 Å². The topological polar surface area (TPSA) is 85.6 Å².